The number of amides is 4. The molecule has 0 aliphatic carbocycles. The summed E-state index contributed by atoms with van der Waals surface area (Å²) in [6, 6.07) is 6.11. The maximum absolute atomic E-state index is 14.1. The SMILES string of the molecule is Cc1nnc(SCC2=C(C(=O)[O-])N3C(=O)C(NC(=O)C(c4ccc(O)cc4)N(C(N)=O)c4cnc(Nc5ccc(S(N)(=O)=O)cc5)[nH]c4=O)[C@@H]3SC2)s1.[Na+]. The molecule has 8 N–H and O–H groups in total. The minimum absolute atomic E-state index is 0. The molecule has 276 valence electrons. The number of aryl methyl sites for hydroxylation is 1. The van der Waals surface area contributed by atoms with Crippen LogP contribution in [0.4, 0.5) is 22.1 Å². The molecule has 2 aromatic carbocycles. The number of rotatable bonds is 12. The number of carbonyl (C=O) groups is 4. The summed E-state index contributed by atoms with van der Waals surface area (Å²) < 4.78 is 23.7. The Morgan fingerprint density at radius 2 is 1.83 bits per heavy atom. The van der Waals surface area contributed by atoms with Crippen molar-refractivity contribution in [1.29, 1.82) is 0 Å². The number of aromatic amines is 1. The molecule has 6 rings (SSSR count). The summed E-state index contributed by atoms with van der Waals surface area (Å²) in [5, 5.41) is 40.5. The molecular formula is C30H27N10NaO9S4. The van der Waals surface area contributed by atoms with Crippen LogP contribution in [-0.2, 0) is 24.4 Å². The van der Waals surface area contributed by atoms with Gasteiger partial charge in [0.2, 0.25) is 21.9 Å². The van der Waals surface area contributed by atoms with Gasteiger partial charge in [0, 0.05) is 17.2 Å². The summed E-state index contributed by atoms with van der Waals surface area (Å²) >= 11 is 3.81. The van der Waals surface area contributed by atoms with Gasteiger partial charge in [-0.1, -0.05) is 35.2 Å². The smallest absolute Gasteiger partial charge is 0.543 e. The molecule has 4 amide bonds. The molecule has 0 spiro atoms. The van der Waals surface area contributed by atoms with E-state index in [0.29, 0.717) is 20.5 Å². The van der Waals surface area contributed by atoms with Gasteiger partial charge in [-0.15, -0.1) is 22.0 Å². The van der Waals surface area contributed by atoms with Crippen molar-refractivity contribution in [2.45, 2.75) is 33.6 Å². The number of aliphatic carboxylic acids is 1. The van der Waals surface area contributed by atoms with Crippen LogP contribution in [0.25, 0.3) is 0 Å². The summed E-state index contributed by atoms with van der Waals surface area (Å²) in [5.41, 5.74) is 4.86. The van der Waals surface area contributed by atoms with E-state index in [4.69, 9.17) is 10.9 Å². The predicted octanol–water partition coefficient (Wildman–Crippen LogP) is -3.15. The fraction of sp³-hybridized carbons (Fsp3) is 0.200. The number of phenols is 1. The van der Waals surface area contributed by atoms with Gasteiger partial charge >= 0.3 is 35.6 Å². The maximum atomic E-state index is 14.1. The van der Waals surface area contributed by atoms with E-state index in [1.54, 1.807) is 6.92 Å². The molecule has 2 aliphatic rings. The number of β-lactam (4-membered cyclic amide) rings is 1. The number of carbonyl (C=O) groups excluding carboxylic acids is 4. The van der Waals surface area contributed by atoms with Crippen molar-refractivity contribution in [1.82, 2.24) is 30.4 Å². The number of urea groups is 1. The molecule has 0 radical (unpaired) electrons. The minimum atomic E-state index is -3.95. The quantitative estimate of drug-likeness (QED) is 0.0467. The van der Waals surface area contributed by atoms with E-state index >= 15 is 0 Å². The number of anilines is 3. The molecule has 19 nitrogen and oxygen atoms in total. The third-order valence-corrected chi connectivity index (χ3v) is 12.2. The van der Waals surface area contributed by atoms with Crippen LogP contribution in [0.1, 0.15) is 16.6 Å². The van der Waals surface area contributed by atoms with Crippen LogP contribution in [0.5, 0.6) is 5.75 Å². The Morgan fingerprint density at radius 3 is 2.41 bits per heavy atom. The normalized spacial score (nSPS) is 17.1. The zero-order chi connectivity index (χ0) is 38.2. The minimum Gasteiger partial charge on any atom is -0.543 e. The molecule has 1 fully saturated rings. The fourth-order valence-corrected chi connectivity index (χ4v) is 9.26. The number of benzene rings is 2. The number of thioether (sulfide) groups is 2. The fourth-order valence-electron chi connectivity index (χ4n) is 5.45. The molecule has 4 heterocycles. The van der Waals surface area contributed by atoms with Crippen LogP contribution < -0.4 is 66.6 Å². The van der Waals surface area contributed by atoms with Crippen molar-refractivity contribution in [2.75, 3.05) is 21.7 Å². The molecule has 2 aromatic heterocycles. The van der Waals surface area contributed by atoms with Crippen molar-refractivity contribution >= 4 is 86.0 Å². The Bertz CT molecular complexity index is 2320. The number of H-pyrrole nitrogens is 1. The Kier molecular flexibility index (Phi) is 12.4. The summed E-state index contributed by atoms with van der Waals surface area (Å²) in [4.78, 5) is 74.3. The van der Waals surface area contributed by atoms with Crippen molar-refractivity contribution in [3.05, 3.63) is 86.9 Å². The molecule has 2 unspecified atom stereocenters. The van der Waals surface area contributed by atoms with Gasteiger partial charge in [0.1, 0.15) is 33.9 Å². The van der Waals surface area contributed by atoms with Crippen LogP contribution in [0.3, 0.4) is 0 Å². The van der Waals surface area contributed by atoms with Gasteiger partial charge < -0.3 is 31.4 Å². The first kappa shape index (κ1) is 40.7. The number of primary sulfonamides is 1. The third-order valence-electron chi connectivity index (χ3n) is 7.85. The second kappa shape index (κ2) is 16.5. The molecule has 0 bridgehead atoms. The van der Waals surface area contributed by atoms with E-state index in [1.807, 2.05) is 0 Å². The van der Waals surface area contributed by atoms with Crippen LogP contribution in [0, 0.1) is 6.92 Å². The van der Waals surface area contributed by atoms with Crippen molar-refractivity contribution in [3.8, 4) is 5.75 Å². The van der Waals surface area contributed by atoms with Gasteiger partial charge in [0.25, 0.3) is 11.5 Å². The number of aromatic hydroxyl groups is 1. The second-order valence-corrected chi connectivity index (χ2v) is 16.4. The molecule has 2 aliphatic heterocycles. The van der Waals surface area contributed by atoms with Crippen molar-refractivity contribution < 1.29 is 67.4 Å². The van der Waals surface area contributed by atoms with E-state index in [0.717, 1.165) is 16.1 Å². The first-order valence-electron chi connectivity index (χ1n) is 15.1. The first-order valence-corrected chi connectivity index (χ1v) is 19.5. The molecule has 54 heavy (non-hydrogen) atoms. The number of nitrogens with two attached hydrogens (primary N) is 2. The average molecular weight is 823 g/mol. The molecule has 4 aromatic rings. The third kappa shape index (κ3) is 8.57. The van der Waals surface area contributed by atoms with Gasteiger partial charge in [-0.25, -0.2) is 23.3 Å². The Labute approximate surface area is 340 Å². The van der Waals surface area contributed by atoms with Crippen molar-refractivity contribution in [2.24, 2.45) is 10.9 Å². The number of carboxylic acid groups (broad SMARTS) is 1. The number of nitrogens with one attached hydrogen (secondary N) is 3. The number of nitrogens with zero attached hydrogens (tertiary/aromatic N) is 5. The van der Waals surface area contributed by atoms with E-state index in [1.165, 1.54) is 83.4 Å². The van der Waals surface area contributed by atoms with Crippen LogP contribution in [0.2, 0.25) is 0 Å². The Hall–Kier alpha value is -4.49. The molecule has 3 atom stereocenters. The number of carboxylic acids is 1. The maximum Gasteiger partial charge on any atom is 1.00 e. The van der Waals surface area contributed by atoms with Crippen LogP contribution in [-0.4, -0.2) is 85.3 Å². The summed E-state index contributed by atoms with van der Waals surface area (Å²) in [6.07, 6.45) is 0.970. The second-order valence-electron chi connectivity index (χ2n) is 11.4. The monoisotopic (exact) mass is 822 g/mol. The topological polar surface area (TPSA) is 300 Å². The Balaban J connectivity index is 0.00000561. The number of primary amides is 1. The molecule has 1 saturated heterocycles. The largest absolute Gasteiger partial charge is 1.00 e. The molecule has 24 heteroatoms. The number of hydrogen-bond donors (Lipinski definition) is 6. The van der Waals surface area contributed by atoms with E-state index in [2.05, 4.69) is 30.8 Å². The molecular weight excluding hydrogens is 796 g/mol. The summed E-state index contributed by atoms with van der Waals surface area (Å²) in [6.45, 7) is 1.78. The number of phenolic OH excluding ortho intramolecular Hbond substituents is 1. The molecule has 0 saturated carbocycles. The standard InChI is InChI=1S/C30H28N10O9S4.Na/c1-13-37-38-30(52-13)51-12-15-11-50-26-20(25(44)40(26)22(15)27(45)46)35-24(43)21(14-2-6-17(41)7-3-14)39(28(31)47)19-10-33-29(36-23(19)42)34-16-4-8-18(9-5-16)53(32,48)49;/h2-10,20-21,26,41H,11-12H2,1H3,(H2,31,47)(H,35,43)(H,45,46)(H2,32,48,49)(H2,33,34,36,42);/q;+1/p-1/t20?,21?,26-;/m0./s1. The predicted molar refractivity (Wildman–Crippen MR) is 191 cm³/mol. The zero-order valence-electron chi connectivity index (χ0n) is 28.1. The van der Waals surface area contributed by atoms with Gasteiger partial charge in [0.05, 0.1) is 22.8 Å². The van der Waals surface area contributed by atoms with E-state index < -0.39 is 62.5 Å². The Morgan fingerprint density at radius 1 is 1.15 bits per heavy atom. The zero-order valence-corrected chi connectivity index (χ0v) is 33.3. The number of sulfonamides is 1. The number of fused-ring (bicyclic) bond motifs is 1. The van der Waals surface area contributed by atoms with Gasteiger partial charge in [-0.3, -0.25) is 29.2 Å². The number of aromatic nitrogens is 4. The van der Waals surface area contributed by atoms with Gasteiger partial charge in [-0.2, -0.15) is 0 Å². The van der Waals surface area contributed by atoms with E-state index in [-0.39, 0.29) is 68.9 Å². The average Bonchev–Trinajstić information content (AvgIpc) is 3.53. The van der Waals surface area contributed by atoms with Crippen molar-refractivity contribution in [3.63, 3.8) is 0 Å². The van der Waals surface area contributed by atoms with E-state index in [9.17, 15) is 42.6 Å². The summed E-state index contributed by atoms with van der Waals surface area (Å²) in [7, 11) is -3.95. The number of hydrogen-bond acceptors (Lipinski definition) is 16. The van der Waals surface area contributed by atoms with Gasteiger partial charge in [0.15, 0.2) is 4.34 Å². The van der Waals surface area contributed by atoms with Crippen LogP contribution >= 0.6 is 34.9 Å². The first-order chi connectivity index (χ1) is 25.1. The van der Waals surface area contributed by atoms with Gasteiger partial charge in [-0.05, 0) is 54.5 Å². The summed E-state index contributed by atoms with van der Waals surface area (Å²) in [5.74, 6) is -3.17. The van der Waals surface area contributed by atoms with Crippen LogP contribution in [0.15, 0.2) is 80.0 Å².